The van der Waals surface area contributed by atoms with E-state index in [-0.39, 0.29) is 16.5 Å². The first-order valence-corrected chi connectivity index (χ1v) is 7.55. The third-order valence-corrected chi connectivity index (χ3v) is 4.31. The van der Waals surface area contributed by atoms with Gasteiger partial charge in [0.25, 0.3) is 0 Å². The second-order valence-corrected chi connectivity index (χ2v) is 6.49. The molecule has 0 aliphatic carbocycles. The summed E-state index contributed by atoms with van der Waals surface area (Å²) in [5.41, 5.74) is 2.05. The number of aryl methyl sites for hydroxylation is 1. The highest BCUT2D eigenvalue weighted by Crippen LogP contribution is 2.24. The molecule has 0 saturated heterocycles. The molecule has 2 N–H and O–H groups in total. The maximum atomic E-state index is 12.0. The number of hydrogen-bond acceptors (Lipinski definition) is 3. The van der Waals surface area contributed by atoms with E-state index in [4.69, 9.17) is 11.6 Å². The van der Waals surface area contributed by atoms with E-state index in [0.717, 1.165) is 30.6 Å². The van der Waals surface area contributed by atoms with Gasteiger partial charge in [-0.2, -0.15) is 0 Å². The number of anilines is 1. The minimum atomic E-state index is -3.51. The fourth-order valence-corrected chi connectivity index (χ4v) is 3.10. The van der Waals surface area contributed by atoms with Gasteiger partial charge in [-0.3, -0.25) is 0 Å². The summed E-state index contributed by atoms with van der Waals surface area (Å²) in [6.07, 6.45) is 1.91. The van der Waals surface area contributed by atoms with Gasteiger partial charge in [-0.05, 0) is 36.6 Å². The van der Waals surface area contributed by atoms with E-state index in [1.54, 1.807) is 18.2 Å². The predicted octanol–water partition coefficient (Wildman–Crippen LogP) is 2.08. The molecule has 1 aromatic rings. The highest BCUT2D eigenvalue weighted by atomic mass is 35.5. The molecule has 98 valence electrons. The zero-order chi connectivity index (χ0) is 13.2. The molecule has 18 heavy (non-hydrogen) atoms. The number of sulfonamides is 1. The van der Waals surface area contributed by atoms with Gasteiger partial charge in [0, 0.05) is 23.8 Å². The van der Waals surface area contributed by atoms with Crippen LogP contribution >= 0.6 is 11.6 Å². The van der Waals surface area contributed by atoms with E-state index in [9.17, 15) is 8.42 Å². The second-order valence-electron chi connectivity index (χ2n) is 4.19. The summed E-state index contributed by atoms with van der Waals surface area (Å²) in [6, 6.07) is 5.11. The zero-order valence-electron chi connectivity index (χ0n) is 9.87. The van der Waals surface area contributed by atoms with Gasteiger partial charge in [0.2, 0.25) is 10.0 Å². The van der Waals surface area contributed by atoms with Crippen LogP contribution in [0.4, 0.5) is 5.69 Å². The van der Waals surface area contributed by atoms with Gasteiger partial charge in [0.05, 0.1) is 4.90 Å². The molecule has 1 aliphatic heterocycles. The molecule has 0 bridgehead atoms. The molecule has 1 heterocycles. The number of hydrogen-bond donors (Lipinski definition) is 2. The molecule has 0 radical (unpaired) electrons. The maximum Gasteiger partial charge on any atom is 0.240 e. The van der Waals surface area contributed by atoms with Crippen LogP contribution in [-0.4, -0.2) is 21.5 Å². The number of benzene rings is 1. The summed E-state index contributed by atoms with van der Waals surface area (Å²) in [5.74, 6) is 0. The molecule has 0 unspecified atom stereocenters. The third-order valence-electron chi connectivity index (χ3n) is 2.78. The lowest BCUT2D eigenvalue weighted by Gasteiger charge is -2.18. The van der Waals surface area contributed by atoms with Crippen LogP contribution in [0.15, 0.2) is 34.7 Å². The van der Waals surface area contributed by atoms with Crippen LogP contribution in [0, 0.1) is 0 Å². The lowest BCUT2D eigenvalue weighted by Crippen LogP contribution is -2.25. The smallest absolute Gasteiger partial charge is 0.240 e. The van der Waals surface area contributed by atoms with Crippen LogP contribution < -0.4 is 10.0 Å². The van der Waals surface area contributed by atoms with E-state index < -0.39 is 10.0 Å². The summed E-state index contributed by atoms with van der Waals surface area (Å²) in [4.78, 5) is 0.267. The van der Waals surface area contributed by atoms with Crippen molar-refractivity contribution in [2.45, 2.75) is 17.7 Å². The Labute approximate surface area is 112 Å². The molecule has 4 nitrogen and oxygen atoms in total. The fourth-order valence-electron chi connectivity index (χ4n) is 1.88. The molecule has 6 heteroatoms. The van der Waals surface area contributed by atoms with Crippen molar-refractivity contribution in [2.75, 3.05) is 18.4 Å². The Morgan fingerprint density at radius 3 is 3.00 bits per heavy atom. The topological polar surface area (TPSA) is 58.2 Å². The summed E-state index contributed by atoms with van der Waals surface area (Å²) in [5, 5.41) is 3.50. The standard InChI is InChI=1S/C12H15ClN2O2S/c1-9(13)8-15-18(16,17)11-4-5-12-10(7-11)3-2-6-14-12/h4-5,7,14-15H,1-3,6,8H2. The molecule has 0 spiro atoms. The van der Waals surface area contributed by atoms with Gasteiger partial charge >= 0.3 is 0 Å². The average Bonchev–Trinajstić information content (AvgIpc) is 2.36. The molecule has 0 aromatic heterocycles. The summed E-state index contributed by atoms with van der Waals surface area (Å²) in [7, 11) is -3.51. The van der Waals surface area contributed by atoms with E-state index in [1.807, 2.05) is 0 Å². The molecule has 0 atom stereocenters. The lowest BCUT2D eigenvalue weighted by molar-refractivity contribution is 0.585. The number of nitrogens with one attached hydrogen (secondary N) is 2. The Morgan fingerprint density at radius 2 is 2.28 bits per heavy atom. The molecule has 1 aromatic carbocycles. The molecule has 0 amide bonds. The van der Waals surface area contributed by atoms with Gasteiger partial charge in [0.1, 0.15) is 0 Å². The van der Waals surface area contributed by atoms with Crippen LogP contribution in [0.3, 0.4) is 0 Å². The van der Waals surface area contributed by atoms with Crippen LogP contribution in [0.25, 0.3) is 0 Å². The predicted molar refractivity (Wildman–Crippen MR) is 73.4 cm³/mol. The van der Waals surface area contributed by atoms with Crippen LogP contribution in [0.5, 0.6) is 0 Å². The Hall–Kier alpha value is -1.04. The van der Waals surface area contributed by atoms with Crippen molar-refractivity contribution < 1.29 is 8.42 Å². The Bertz CT molecular complexity index is 569. The average molecular weight is 287 g/mol. The molecule has 2 rings (SSSR count). The second kappa shape index (κ2) is 5.30. The van der Waals surface area contributed by atoms with Crippen molar-refractivity contribution in [1.29, 1.82) is 0 Å². The fraction of sp³-hybridized carbons (Fsp3) is 0.333. The number of fused-ring (bicyclic) bond motifs is 1. The monoisotopic (exact) mass is 286 g/mol. The normalized spacial score (nSPS) is 14.7. The Balaban J connectivity index is 2.25. The van der Waals surface area contributed by atoms with Crippen molar-refractivity contribution in [2.24, 2.45) is 0 Å². The largest absolute Gasteiger partial charge is 0.385 e. The van der Waals surface area contributed by atoms with Crippen molar-refractivity contribution in [3.05, 3.63) is 35.4 Å². The lowest BCUT2D eigenvalue weighted by atomic mass is 10.0. The molecular weight excluding hydrogens is 272 g/mol. The van der Waals surface area contributed by atoms with Crippen LogP contribution in [0.1, 0.15) is 12.0 Å². The Morgan fingerprint density at radius 1 is 1.50 bits per heavy atom. The summed E-state index contributed by atoms with van der Waals surface area (Å²) in [6.45, 7) is 4.43. The van der Waals surface area contributed by atoms with Crippen LogP contribution in [-0.2, 0) is 16.4 Å². The van der Waals surface area contributed by atoms with Gasteiger partial charge in [-0.1, -0.05) is 18.2 Å². The Kier molecular flexibility index (Phi) is 3.94. The molecule has 0 saturated carbocycles. The van der Waals surface area contributed by atoms with Crippen molar-refractivity contribution in [3.8, 4) is 0 Å². The first-order chi connectivity index (χ1) is 8.49. The summed E-state index contributed by atoms with van der Waals surface area (Å²) < 4.78 is 26.4. The molecule has 1 aliphatic rings. The molecular formula is C12H15ClN2O2S. The first kappa shape index (κ1) is 13.4. The van der Waals surface area contributed by atoms with E-state index in [1.165, 1.54) is 0 Å². The van der Waals surface area contributed by atoms with E-state index >= 15 is 0 Å². The minimum Gasteiger partial charge on any atom is -0.385 e. The SMILES string of the molecule is C=C(Cl)CNS(=O)(=O)c1ccc2c(c1)CCCN2. The third kappa shape index (κ3) is 3.04. The van der Waals surface area contributed by atoms with Gasteiger partial charge in [-0.15, -0.1) is 0 Å². The number of rotatable bonds is 4. The highest BCUT2D eigenvalue weighted by Gasteiger charge is 2.17. The van der Waals surface area contributed by atoms with E-state index in [0.29, 0.717) is 0 Å². The van der Waals surface area contributed by atoms with Gasteiger partial charge in [-0.25, -0.2) is 13.1 Å². The van der Waals surface area contributed by atoms with Crippen molar-refractivity contribution in [1.82, 2.24) is 4.72 Å². The minimum absolute atomic E-state index is 0.0409. The maximum absolute atomic E-state index is 12.0. The number of halogens is 1. The zero-order valence-corrected chi connectivity index (χ0v) is 11.4. The first-order valence-electron chi connectivity index (χ1n) is 5.69. The summed E-state index contributed by atoms with van der Waals surface area (Å²) >= 11 is 5.56. The van der Waals surface area contributed by atoms with Gasteiger partial charge < -0.3 is 5.32 Å². The highest BCUT2D eigenvalue weighted by molar-refractivity contribution is 7.89. The van der Waals surface area contributed by atoms with Crippen molar-refractivity contribution in [3.63, 3.8) is 0 Å². The van der Waals surface area contributed by atoms with E-state index in [2.05, 4.69) is 16.6 Å². The van der Waals surface area contributed by atoms with Gasteiger partial charge in [0.15, 0.2) is 0 Å². The van der Waals surface area contributed by atoms with Crippen LogP contribution in [0.2, 0.25) is 0 Å². The van der Waals surface area contributed by atoms with Crippen molar-refractivity contribution >= 4 is 27.3 Å². The molecule has 0 fully saturated rings. The quantitative estimate of drug-likeness (QED) is 0.891.